The first-order chi connectivity index (χ1) is 11.5. The molecule has 0 aliphatic carbocycles. The molecule has 0 radical (unpaired) electrons. The fourth-order valence-corrected chi connectivity index (χ4v) is 3.20. The molecule has 2 rings (SSSR count). The number of hydrogen-bond acceptors (Lipinski definition) is 1. The van der Waals surface area contributed by atoms with E-state index in [-0.39, 0.29) is 24.0 Å². The van der Waals surface area contributed by atoms with Gasteiger partial charge in [0.1, 0.15) is 5.60 Å². The molecule has 0 bridgehead atoms. The fraction of sp³-hybridized carbons (Fsp3) is 0.273. The van der Waals surface area contributed by atoms with E-state index in [2.05, 4.69) is 20.2 Å². The molecule has 2 aromatic carbocycles. The number of hydrogen-bond donors (Lipinski definition) is 1. The first-order valence-corrected chi connectivity index (χ1v) is 8.43. The quantitative estimate of drug-likeness (QED) is 0.346. The van der Waals surface area contributed by atoms with Gasteiger partial charge in [0.05, 0.1) is 26.7 Å². The van der Waals surface area contributed by atoms with E-state index in [1.165, 1.54) is 0 Å². The van der Waals surface area contributed by atoms with Gasteiger partial charge in [-0.3, -0.25) is 0 Å². The lowest BCUT2D eigenvalue weighted by molar-refractivity contribution is -0.899. The van der Waals surface area contributed by atoms with Crippen LogP contribution in [0.1, 0.15) is 17.5 Å². The van der Waals surface area contributed by atoms with E-state index in [0.717, 1.165) is 35.2 Å². The Labute approximate surface area is 169 Å². The highest BCUT2D eigenvalue weighted by molar-refractivity contribution is 5.35. The Hall–Kier alpha value is -1.43. The molecule has 0 fully saturated rings. The number of halogens is 1. The predicted octanol–water partition coefficient (Wildman–Crippen LogP) is 1.14. The molecule has 25 heavy (non-hydrogen) atoms. The first kappa shape index (κ1) is 21.6. The van der Waals surface area contributed by atoms with Crippen LogP contribution >= 0.6 is 0 Å². The molecule has 1 N–H and O–H groups in total. The van der Waals surface area contributed by atoms with Gasteiger partial charge >= 0.3 is 0 Å². The van der Waals surface area contributed by atoms with Crippen LogP contribution in [-0.2, 0) is 5.60 Å². The van der Waals surface area contributed by atoms with Gasteiger partial charge in [-0.15, -0.1) is 0 Å². The molecule has 2 aromatic rings. The zero-order chi connectivity index (χ0) is 17.5. The maximum Gasteiger partial charge on any atom is 0.120 e. The van der Waals surface area contributed by atoms with Crippen molar-refractivity contribution in [3.63, 3.8) is 0 Å². The molecule has 0 unspecified atom stereocenters. The second kappa shape index (κ2) is 9.90. The zero-order valence-electron chi connectivity index (χ0n) is 14.9. The van der Waals surface area contributed by atoms with Crippen LogP contribution in [0, 0.1) is 0 Å². The van der Waals surface area contributed by atoms with Gasteiger partial charge in [0.2, 0.25) is 0 Å². The molecule has 134 valence electrons. The summed E-state index contributed by atoms with van der Waals surface area (Å²) in [7, 11) is 2.18. The minimum absolute atomic E-state index is 0. The third-order valence-corrected chi connectivity index (χ3v) is 4.66. The lowest BCUT2D eigenvalue weighted by atomic mass is 9.83. The Morgan fingerprint density at radius 2 is 1.28 bits per heavy atom. The molecule has 0 amide bonds. The van der Waals surface area contributed by atoms with E-state index >= 15 is 0 Å². The van der Waals surface area contributed by atoms with Gasteiger partial charge in [-0.05, 0) is 23.3 Å². The normalized spacial score (nSPS) is 11.4. The van der Waals surface area contributed by atoms with E-state index in [1.807, 2.05) is 72.8 Å². The van der Waals surface area contributed by atoms with E-state index in [9.17, 15) is 5.11 Å². The molecule has 0 heterocycles. The van der Waals surface area contributed by atoms with Crippen LogP contribution in [0.4, 0.5) is 0 Å². The summed E-state index contributed by atoms with van der Waals surface area (Å²) in [5.74, 6) is 0. The van der Waals surface area contributed by atoms with Crippen LogP contribution in [0.3, 0.4) is 0 Å². The highest BCUT2D eigenvalue weighted by Gasteiger charge is 2.34. The van der Waals surface area contributed by atoms with Crippen molar-refractivity contribution in [1.29, 1.82) is 0 Å². The van der Waals surface area contributed by atoms with Crippen molar-refractivity contribution in [3.8, 4) is 0 Å². The monoisotopic (exact) mass is 449 g/mol. The van der Waals surface area contributed by atoms with Crippen molar-refractivity contribution in [2.45, 2.75) is 12.0 Å². The third kappa shape index (κ3) is 5.53. The molecule has 0 aromatic heterocycles. The highest BCUT2D eigenvalue weighted by atomic mass is 127. The van der Waals surface area contributed by atoms with Crippen LogP contribution in [0.5, 0.6) is 0 Å². The van der Waals surface area contributed by atoms with Gasteiger partial charge < -0.3 is 33.6 Å². The molecular weight excluding hydrogens is 421 g/mol. The lowest BCUT2D eigenvalue weighted by Gasteiger charge is -2.37. The van der Waals surface area contributed by atoms with Crippen LogP contribution < -0.4 is 24.0 Å². The van der Waals surface area contributed by atoms with Gasteiger partial charge in [0.25, 0.3) is 0 Å². The standard InChI is InChI=1S/C22H28NO.HI/c1-4-17-23(3,18-5-2)19-16-22(24,20-12-8-6-9-13-20)21-14-10-7-11-15-21;/h4-15,24H,1-2,16-19H2,3H3;1H/q+1;/p-1. The van der Waals surface area contributed by atoms with Crippen molar-refractivity contribution < 1.29 is 33.6 Å². The average Bonchev–Trinajstić information content (AvgIpc) is 2.62. The Balaban J connectivity index is 0.00000312. The summed E-state index contributed by atoms with van der Waals surface area (Å²) in [6, 6.07) is 19.9. The van der Waals surface area contributed by atoms with Crippen LogP contribution in [0.15, 0.2) is 86.0 Å². The summed E-state index contributed by atoms with van der Waals surface area (Å²) in [5, 5.41) is 11.6. The number of rotatable bonds is 9. The van der Waals surface area contributed by atoms with E-state index in [1.54, 1.807) is 0 Å². The molecular formula is C22H28INO. The lowest BCUT2D eigenvalue weighted by Crippen LogP contribution is -3.00. The SMILES string of the molecule is C=CC[N+](C)(CC=C)CCC(O)(c1ccccc1)c1ccccc1.[I-]. The topological polar surface area (TPSA) is 20.2 Å². The first-order valence-electron chi connectivity index (χ1n) is 8.43. The van der Waals surface area contributed by atoms with Gasteiger partial charge in [0, 0.05) is 6.42 Å². The van der Waals surface area contributed by atoms with Gasteiger partial charge in [0.15, 0.2) is 0 Å². The van der Waals surface area contributed by atoms with Crippen molar-refractivity contribution in [1.82, 2.24) is 0 Å². The Morgan fingerprint density at radius 3 is 1.64 bits per heavy atom. The minimum Gasteiger partial charge on any atom is -1.00 e. The fourth-order valence-electron chi connectivity index (χ4n) is 3.20. The zero-order valence-corrected chi connectivity index (χ0v) is 17.1. The molecule has 0 atom stereocenters. The van der Waals surface area contributed by atoms with Gasteiger partial charge in [-0.1, -0.05) is 73.8 Å². The van der Waals surface area contributed by atoms with Crippen molar-refractivity contribution >= 4 is 0 Å². The largest absolute Gasteiger partial charge is 1.00 e. The maximum absolute atomic E-state index is 11.6. The summed E-state index contributed by atoms with van der Waals surface area (Å²) in [4.78, 5) is 0. The summed E-state index contributed by atoms with van der Waals surface area (Å²) < 4.78 is 0.787. The van der Waals surface area contributed by atoms with Crippen molar-refractivity contribution in [2.24, 2.45) is 0 Å². The van der Waals surface area contributed by atoms with Gasteiger partial charge in [-0.2, -0.15) is 0 Å². The molecule has 0 spiro atoms. The maximum atomic E-state index is 11.6. The second-order valence-corrected chi connectivity index (χ2v) is 6.63. The average molecular weight is 449 g/mol. The third-order valence-electron chi connectivity index (χ3n) is 4.66. The molecule has 2 nitrogen and oxygen atoms in total. The summed E-state index contributed by atoms with van der Waals surface area (Å²) in [6.45, 7) is 10.3. The molecule has 0 aliphatic rings. The van der Waals surface area contributed by atoms with Crippen molar-refractivity contribution in [2.75, 3.05) is 26.7 Å². The number of likely N-dealkylation sites (N-methyl/N-ethyl adjacent to an activating group) is 1. The van der Waals surface area contributed by atoms with Crippen molar-refractivity contribution in [3.05, 3.63) is 97.1 Å². The van der Waals surface area contributed by atoms with Crippen LogP contribution in [0.2, 0.25) is 0 Å². The Bertz CT molecular complexity index is 605. The Kier molecular flexibility index (Phi) is 8.56. The number of benzene rings is 2. The smallest absolute Gasteiger partial charge is 0.120 e. The summed E-state index contributed by atoms with van der Waals surface area (Å²) in [5.41, 5.74) is 0.865. The molecule has 3 heteroatoms. The highest BCUT2D eigenvalue weighted by Crippen LogP contribution is 2.33. The number of aliphatic hydroxyl groups is 1. The number of quaternary nitrogens is 1. The Morgan fingerprint density at radius 1 is 0.880 bits per heavy atom. The van der Waals surface area contributed by atoms with E-state index < -0.39 is 5.60 Å². The van der Waals surface area contributed by atoms with Crippen LogP contribution in [0.25, 0.3) is 0 Å². The number of nitrogens with zero attached hydrogens (tertiary/aromatic N) is 1. The molecule has 0 saturated heterocycles. The van der Waals surface area contributed by atoms with Gasteiger partial charge in [-0.25, -0.2) is 0 Å². The summed E-state index contributed by atoms with van der Waals surface area (Å²) >= 11 is 0. The van der Waals surface area contributed by atoms with E-state index in [0.29, 0.717) is 6.42 Å². The van der Waals surface area contributed by atoms with E-state index in [4.69, 9.17) is 0 Å². The minimum atomic E-state index is -0.996. The predicted molar refractivity (Wildman–Crippen MR) is 102 cm³/mol. The summed E-state index contributed by atoms with van der Waals surface area (Å²) in [6.07, 6.45) is 4.51. The molecule has 0 saturated carbocycles. The second-order valence-electron chi connectivity index (χ2n) is 6.63. The van der Waals surface area contributed by atoms with Crippen LogP contribution in [-0.4, -0.2) is 36.3 Å². The molecule has 0 aliphatic heterocycles.